The van der Waals surface area contributed by atoms with E-state index in [1.807, 2.05) is 6.07 Å². The molecule has 0 atom stereocenters. The monoisotopic (exact) mass is 350 g/mol. The molecule has 24 heavy (non-hydrogen) atoms. The van der Waals surface area contributed by atoms with Crippen LogP contribution in [0.1, 0.15) is 19.4 Å². The Morgan fingerprint density at radius 2 is 2.04 bits per heavy atom. The Morgan fingerprint density at radius 1 is 1.25 bits per heavy atom. The van der Waals surface area contributed by atoms with Gasteiger partial charge in [0, 0.05) is 25.4 Å². The minimum atomic E-state index is -0.203. The molecule has 0 aliphatic carbocycles. The van der Waals surface area contributed by atoms with Gasteiger partial charge in [-0.3, -0.25) is 4.57 Å². The molecule has 1 aromatic heterocycles. The fraction of sp³-hybridized carbons (Fsp3) is 0.529. The summed E-state index contributed by atoms with van der Waals surface area (Å²) in [5, 5.41) is 9.68. The Morgan fingerprint density at radius 3 is 2.75 bits per heavy atom. The molecule has 0 spiro atoms. The van der Waals surface area contributed by atoms with E-state index in [1.165, 1.54) is 6.07 Å². The van der Waals surface area contributed by atoms with Crippen LogP contribution >= 0.6 is 11.8 Å². The van der Waals surface area contributed by atoms with E-state index in [0.29, 0.717) is 11.7 Å². The highest BCUT2D eigenvalue weighted by atomic mass is 32.2. The second-order valence-corrected chi connectivity index (χ2v) is 7.25. The van der Waals surface area contributed by atoms with Crippen LogP contribution < -0.4 is 4.90 Å². The Bertz CT molecular complexity index is 670. The highest BCUT2D eigenvalue weighted by Gasteiger charge is 2.21. The average molecular weight is 350 g/mol. The van der Waals surface area contributed by atoms with Gasteiger partial charge in [0.25, 0.3) is 0 Å². The van der Waals surface area contributed by atoms with Crippen LogP contribution in [-0.2, 0) is 17.0 Å². The van der Waals surface area contributed by atoms with Crippen LogP contribution in [0.15, 0.2) is 29.4 Å². The van der Waals surface area contributed by atoms with Crippen LogP contribution in [0.4, 0.5) is 10.3 Å². The molecule has 1 aliphatic heterocycles. The molecule has 2 heterocycles. The zero-order valence-corrected chi connectivity index (χ0v) is 14.9. The molecule has 1 aliphatic rings. The second kappa shape index (κ2) is 7.98. The van der Waals surface area contributed by atoms with Gasteiger partial charge in [-0.1, -0.05) is 37.7 Å². The number of morpholine rings is 1. The summed E-state index contributed by atoms with van der Waals surface area (Å²) in [6, 6.07) is 6.70. The molecule has 7 heteroatoms. The molecule has 5 nitrogen and oxygen atoms in total. The first-order valence-electron chi connectivity index (χ1n) is 8.26. The highest BCUT2D eigenvalue weighted by Crippen LogP contribution is 2.26. The summed E-state index contributed by atoms with van der Waals surface area (Å²) in [4.78, 5) is 2.23. The number of benzene rings is 1. The fourth-order valence-corrected chi connectivity index (χ4v) is 3.57. The lowest BCUT2D eigenvalue weighted by Crippen LogP contribution is -2.38. The first kappa shape index (κ1) is 17.2. The van der Waals surface area contributed by atoms with Crippen molar-refractivity contribution in [2.45, 2.75) is 31.3 Å². The predicted octanol–water partition coefficient (Wildman–Crippen LogP) is 3.20. The van der Waals surface area contributed by atoms with Crippen LogP contribution in [0, 0.1) is 11.7 Å². The quantitative estimate of drug-likeness (QED) is 0.749. The topological polar surface area (TPSA) is 43.2 Å². The van der Waals surface area contributed by atoms with Crippen LogP contribution in [0.2, 0.25) is 0 Å². The van der Waals surface area contributed by atoms with Crippen molar-refractivity contribution >= 4 is 17.7 Å². The number of halogens is 1. The lowest BCUT2D eigenvalue weighted by Gasteiger charge is -2.28. The fourth-order valence-electron chi connectivity index (χ4n) is 2.68. The van der Waals surface area contributed by atoms with E-state index < -0.39 is 0 Å². The lowest BCUT2D eigenvalue weighted by molar-refractivity contribution is 0.121. The third-order valence-electron chi connectivity index (χ3n) is 3.80. The third-order valence-corrected chi connectivity index (χ3v) is 4.83. The standard InChI is InChI=1S/C17H23FN4OS/c1-13(2)11-22-16(21-6-8-23-9-7-21)19-20-17(22)24-12-14-4-3-5-15(18)10-14/h3-5,10,13H,6-9,11-12H2,1-2H3. The smallest absolute Gasteiger partial charge is 0.228 e. The van der Waals surface area contributed by atoms with Gasteiger partial charge >= 0.3 is 0 Å². The van der Waals surface area contributed by atoms with Gasteiger partial charge in [0.1, 0.15) is 5.82 Å². The summed E-state index contributed by atoms with van der Waals surface area (Å²) in [7, 11) is 0. The molecule has 3 rings (SSSR count). The van der Waals surface area contributed by atoms with E-state index in [2.05, 4.69) is 33.5 Å². The van der Waals surface area contributed by atoms with E-state index in [1.54, 1.807) is 23.9 Å². The van der Waals surface area contributed by atoms with Gasteiger partial charge in [0.15, 0.2) is 5.16 Å². The molecule has 0 N–H and O–H groups in total. The van der Waals surface area contributed by atoms with Gasteiger partial charge in [-0.2, -0.15) is 0 Å². The normalized spacial score (nSPS) is 15.2. The molecule has 130 valence electrons. The molecular formula is C17H23FN4OS. The molecule has 0 saturated carbocycles. The van der Waals surface area contributed by atoms with E-state index in [9.17, 15) is 4.39 Å². The number of nitrogens with zero attached hydrogens (tertiary/aromatic N) is 4. The zero-order valence-electron chi connectivity index (χ0n) is 14.1. The van der Waals surface area contributed by atoms with Crippen molar-refractivity contribution in [3.63, 3.8) is 0 Å². The molecule has 1 fully saturated rings. The summed E-state index contributed by atoms with van der Waals surface area (Å²) in [5.74, 6) is 1.88. The molecular weight excluding hydrogens is 327 g/mol. The van der Waals surface area contributed by atoms with E-state index in [4.69, 9.17) is 4.74 Å². The number of anilines is 1. The predicted molar refractivity (Wildman–Crippen MR) is 93.9 cm³/mol. The first-order chi connectivity index (χ1) is 11.6. The molecule has 2 aromatic rings. The number of aromatic nitrogens is 3. The summed E-state index contributed by atoms with van der Waals surface area (Å²) in [5.41, 5.74) is 0.951. The molecule has 0 radical (unpaired) electrons. The highest BCUT2D eigenvalue weighted by molar-refractivity contribution is 7.98. The van der Waals surface area contributed by atoms with Crippen molar-refractivity contribution in [3.05, 3.63) is 35.6 Å². The average Bonchev–Trinajstić information content (AvgIpc) is 2.96. The Balaban J connectivity index is 1.77. The lowest BCUT2D eigenvalue weighted by atomic mass is 10.2. The Labute approximate surface area is 146 Å². The van der Waals surface area contributed by atoms with Gasteiger partial charge in [-0.05, 0) is 23.6 Å². The largest absolute Gasteiger partial charge is 0.378 e. The van der Waals surface area contributed by atoms with Gasteiger partial charge in [-0.15, -0.1) is 10.2 Å². The minimum absolute atomic E-state index is 0.203. The SMILES string of the molecule is CC(C)Cn1c(SCc2cccc(F)c2)nnc1N1CCOCC1. The summed E-state index contributed by atoms with van der Waals surface area (Å²) < 4.78 is 20.9. The maximum absolute atomic E-state index is 13.3. The summed E-state index contributed by atoms with van der Waals surface area (Å²) in [6.07, 6.45) is 0. The van der Waals surface area contributed by atoms with Crippen molar-refractivity contribution in [1.82, 2.24) is 14.8 Å². The van der Waals surface area contributed by atoms with Crippen molar-refractivity contribution in [2.75, 3.05) is 31.2 Å². The number of thioether (sulfide) groups is 1. The number of hydrogen-bond acceptors (Lipinski definition) is 5. The second-order valence-electron chi connectivity index (χ2n) is 6.31. The summed E-state index contributed by atoms with van der Waals surface area (Å²) in [6.45, 7) is 8.36. The Hall–Kier alpha value is -1.60. The molecule has 0 unspecified atom stereocenters. The Kier molecular flexibility index (Phi) is 5.73. The van der Waals surface area contributed by atoms with E-state index >= 15 is 0 Å². The van der Waals surface area contributed by atoms with Gasteiger partial charge in [0.05, 0.1) is 13.2 Å². The van der Waals surface area contributed by atoms with Crippen molar-refractivity contribution in [3.8, 4) is 0 Å². The minimum Gasteiger partial charge on any atom is -0.378 e. The van der Waals surface area contributed by atoms with Crippen LogP contribution in [0.25, 0.3) is 0 Å². The summed E-state index contributed by atoms with van der Waals surface area (Å²) >= 11 is 1.60. The number of rotatable bonds is 6. The van der Waals surface area contributed by atoms with Gasteiger partial charge < -0.3 is 9.64 Å². The zero-order chi connectivity index (χ0) is 16.9. The number of ether oxygens (including phenoxy) is 1. The van der Waals surface area contributed by atoms with Crippen LogP contribution in [-0.4, -0.2) is 41.1 Å². The number of hydrogen-bond donors (Lipinski definition) is 0. The van der Waals surface area contributed by atoms with E-state index in [-0.39, 0.29) is 5.82 Å². The van der Waals surface area contributed by atoms with Crippen molar-refractivity contribution < 1.29 is 9.13 Å². The third kappa shape index (κ3) is 4.27. The van der Waals surface area contributed by atoms with E-state index in [0.717, 1.165) is 49.5 Å². The molecule has 1 aromatic carbocycles. The molecule has 0 bridgehead atoms. The van der Waals surface area contributed by atoms with Crippen molar-refractivity contribution in [1.29, 1.82) is 0 Å². The van der Waals surface area contributed by atoms with Crippen LogP contribution in [0.5, 0.6) is 0 Å². The van der Waals surface area contributed by atoms with Gasteiger partial charge in [0.2, 0.25) is 5.95 Å². The van der Waals surface area contributed by atoms with Crippen molar-refractivity contribution in [2.24, 2.45) is 5.92 Å². The molecule has 0 amide bonds. The van der Waals surface area contributed by atoms with Gasteiger partial charge in [-0.25, -0.2) is 4.39 Å². The maximum atomic E-state index is 13.3. The molecule has 1 saturated heterocycles. The first-order valence-corrected chi connectivity index (χ1v) is 9.25. The maximum Gasteiger partial charge on any atom is 0.228 e. The van der Waals surface area contributed by atoms with Crippen LogP contribution in [0.3, 0.4) is 0 Å².